The number of oxazole rings is 1. The van der Waals surface area contributed by atoms with Crippen molar-refractivity contribution >= 4 is 11.8 Å². The molecule has 1 unspecified atom stereocenters. The van der Waals surface area contributed by atoms with Gasteiger partial charge in [-0.25, -0.2) is 4.98 Å². The van der Waals surface area contributed by atoms with Crippen LogP contribution in [0, 0.1) is 5.92 Å². The summed E-state index contributed by atoms with van der Waals surface area (Å²) in [5.41, 5.74) is 3.30. The second-order valence-electron chi connectivity index (χ2n) is 8.40. The van der Waals surface area contributed by atoms with Crippen LogP contribution in [0.1, 0.15) is 47.8 Å². The molecule has 2 heterocycles. The van der Waals surface area contributed by atoms with Gasteiger partial charge >= 0.3 is 0 Å². The summed E-state index contributed by atoms with van der Waals surface area (Å²) >= 11 is 0. The number of piperidine rings is 1. The van der Waals surface area contributed by atoms with Gasteiger partial charge in [-0.05, 0) is 48.9 Å². The van der Waals surface area contributed by atoms with Crippen molar-refractivity contribution in [1.29, 1.82) is 0 Å². The van der Waals surface area contributed by atoms with Crippen LogP contribution < -0.4 is 5.32 Å². The summed E-state index contributed by atoms with van der Waals surface area (Å²) in [4.78, 5) is 31.3. The normalized spacial score (nSPS) is 14.7. The molecule has 1 atom stereocenters. The molecule has 1 aliphatic rings. The molecule has 2 aromatic carbocycles. The molecule has 0 aliphatic carbocycles. The molecule has 166 valence electrons. The van der Waals surface area contributed by atoms with E-state index in [1.165, 1.54) is 12.7 Å². The third-order valence-electron chi connectivity index (χ3n) is 5.87. The van der Waals surface area contributed by atoms with E-state index < -0.39 is 0 Å². The van der Waals surface area contributed by atoms with E-state index in [9.17, 15) is 9.59 Å². The van der Waals surface area contributed by atoms with E-state index in [-0.39, 0.29) is 17.7 Å². The van der Waals surface area contributed by atoms with E-state index in [1.54, 1.807) is 0 Å². The van der Waals surface area contributed by atoms with Gasteiger partial charge in [0.1, 0.15) is 6.26 Å². The number of amides is 2. The molecule has 0 radical (unpaired) electrons. The molecule has 1 N–H and O–H groups in total. The van der Waals surface area contributed by atoms with Gasteiger partial charge in [0.05, 0.1) is 0 Å². The van der Waals surface area contributed by atoms with E-state index >= 15 is 0 Å². The van der Waals surface area contributed by atoms with Gasteiger partial charge in [-0.2, -0.15) is 0 Å². The number of nitrogens with one attached hydrogen (secondary N) is 1. The predicted octanol–water partition coefficient (Wildman–Crippen LogP) is 4.46. The van der Waals surface area contributed by atoms with Gasteiger partial charge in [0.2, 0.25) is 11.8 Å². The Morgan fingerprint density at radius 1 is 1.00 bits per heavy atom. The number of carbonyl (C=O) groups is 2. The number of benzene rings is 2. The van der Waals surface area contributed by atoms with Gasteiger partial charge < -0.3 is 14.6 Å². The fraction of sp³-hybridized carbons (Fsp3) is 0.346. The molecule has 0 saturated carbocycles. The van der Waals surface area contributed by atoms with Crippen molar-refractivity contribution in [3.63, 3.8) is 0 Å². The van der Waals surface area contributed by atoms with Crippen molar-refractivity contribution in [2.45, 2.75) is 39.2 Å². The number of hydrogen-bond donors (Lipinski definition) is 1. The minimum Gasteiger partial charge on any atom is -0.444 e. The second-order valence-corrected chi connectivity index (χ2v) is 8.40. The van der Waals surface area contributed by atoms with Crippen LogP contribution in [0.2, 0.25) is 0 Å². The van der Waals surface area contributed by atoms with Crippen LogP contribution in [0.4, 0.5) is 0 Å². The molecule has 2 amide bonds. The van der Waals surface area contributed by atoms with E-state index in [4.69, 9.17) is 4.42 Å². The first kappa shape index (κ1) is 21.8. The van der Waals surface area contributed by atoms with E-state index in [1.807, 2.05) is 66.4 Å². The smallest absolute Gasteiger partial charge is 0.275 e. The van der Waals surface area contributed by atoms with Crippen LogP contribution in [0.15, 0.2) is 65.3 Å². The van der Waals surface area contributed by atoms with Crippen molar-refractivity contribution < 1.29 is 14.0 Å². The van der Waals surface area contributed by atoms with Gasteiger partial charge in [-0.3, -0.25) is 9.59 Å². The number of aromatic nitrogens is 1. The number of rotatable bonds is 7. The summed E-state index contributed by atoms with van der Waals surface area (Å²) in [6, 6.07) is 17.7. The zero-order chi connectivity index (χ0) is 22.3. The van der Waals surface area contributed by atoms with Crippen LogP contribution in [-0.4, -0.2) is 34.8 Å². The Morgan fingerprint density at radius 3 is 2.44 bits per heavy atom. The van der Waals surface area contributed by atoms with Gasteiger partial charge in [0.25, 0.3) is 5.91 Å². The molecule has 0 bridgehead atoms. The van der Waals surface area contributed by atoms with Crippen molar-refractivity contribution in [2.24, 2.45) is 5.92 Å². The monoisotopic (exact) mass is 431 g/mol. The Labute approximate surface area is 188 Å². The Bertz CT molecular complexity index is 1040. The SMILES string of the molecule is CC(Cc1ccccc1)C(=O)NCc1ccc(-c2nc(C(=O)N3CCCCC3)co2)cc1. The molecule has 1 aromatic heterocycles. The van der Waals surface area contributed by atoms with Crippen LogP contribution >= 0.6 is 0 Å². The Morgan fingerprint density at radius 2 is 1.72 bits per heavy atom. The molecule has 1 fully saturated rings. The fourth-order valence-electron chi connectivity index (χ4n) is 3.95. The topological polar surface area (TPSA) is 75.4 Å². The first-order chi connectivity index (χ1) is 15.6. The lowest BCUT2D eigenvalue weighted by Crippen LogP contribution is -2.35. The lowest BCUT2D eigenvalue weighted by Gasteiger charge is -2.25. The third kappa shape index (κ3) is 5.44. The van der Waals surface area contributed by atoms with Gasteiger partial charge in [-0.15, -0.1) is 0 Å². The van der Waals surface area contributed by atoms with Gasteiger partial charge in [-0.1, -0.05) is 49.4 Å². The molecular weight excluding hydrogens is 402 g/mol. The molecule has 4 rings (SSSR count). The average molecular weight is 432 g/mol. The zero-order valence-corrected chi connectivity index (χ0v) is 18.4. The van der Waals surface area contributed by atoms with Crippen molar-refractivity contribution in [3.8, 4) is 11.5 Å². The second kappa shape index (κ2) is 10.3. The van der Waals surface area contributed by atoms with E-state index in [0.717, 1.165) is 42.6 Å². The molecular formula is C26H29N3O3. The highest BCUT2D eigenvalue weighted by atomic mass is 16.3. The summed E-state index contributed by atoms with van der Waals surface area (Å²) < 4.78 is 5.56. The lowest BCUT2D eigenvalue weighted by molar-refractivity contribution is -0.124. The minimum absolute atomic E-state index is 0.0338. The molecule has 6 nitrogen and oxygen atoms in total. The van der Waals surface area contributed by atoms with Crippen LogP contribution in [0.25, 0.3) is 11.5 Å². The fourth-order valence-corrected chi connectivity index (χ4v) is 3.95. The third-order valence-corrected chi connectivity index (χ3v) is 5.87. The Hall–Kier alpha value is -3.41. The first-order valence-electron chi connectivity index (χ1n) is 11.3. The highest BCUT2D eigenvalue weighted by molar-refractivity contribution is 5.92. The minimum atomic E-state index is -0.0974. The van der Waals surface area contributed by atoms with E-state index in [2.05, 4.69) is 10.3 Å². The molecule has 0 spiro atoms. The zero-order valence-electron chi connectivity index (χ0n) is 18.4. The summed E-state index contributed by atoms with van der Waals surface area (Å²) in [5, 5.41) is 3.01. The summed E-state index contributed by atoms with van der Waals surface area (Å²) in [7, 11) is 0. The quantitative estimate of drug-likeness (QED) is 0.599. The maximum Gasteiger partial charge on any atom is 0.275 e. The Kier molecular flexibility index (Phi) is 7.00. The number of carbonyl (C=O) groups excluding carboxylic acids is 2. The molecule has 32 heavy (non-hydrogen) atoms. The van der Waals surface area contributed by atoms with E-state index in [0.29, 0.717) is 24.6 Å². The molecule has 1 saturated heterocycles. The van der Waals surface area contributed by atoms with Crippen LogP contribution in [-0.2, 0) is 17.8 Å². The summed E-state index contributed by atoms with van der Waals surface area (Å²) in [6.07, 6.45) is 5.41. The van der Waals surface area contributed by atoms with Crippen LogP contribution in [0.5, 0.6) is 0 Å². The predicted molar refractivity (Wildman–Crippen MR) is 123 cm³/mol. The highest BCUT2D eigenvalue weighted by Gasteiger charge is 2.21. The summed E-state index contributed by atoms with van der Waals surface area (Å²) in [6.45, 7) is 3.97. The van der Waals surface area contributed by atoms with Gasteiger partial charge in [0, 0.05) is 31.1 Å². The molecule has 3 aromatic rings. The van der Waals surface area contributed by atoms with Crippen molar-refractivity contribution in [3.05, 3.63) is 77.7 Å². The number of hydrogen-bond acceptors (Lipinski definition) is 4. The molecule has 1 aliphatic heterocycles. The number of likely N-dealkylation sites (tertiary alicyclic amines) is 1. The highest BCUT2D eigenvalue weighted by Crippen LogP contribution is 2.21. The summed E-state index contributed by atoms with van der Waals surface area (Å²) in [5.74, 6) is 0.299. The standard InChI is InChI=1S/C26H29N3O3/c1-19(16-20-8-4-2-5-9-20)24(30)27-17-21-10-12-22(13-11-21)25-28-23(18-32-25)26(31)29-14-6-3-7-15-29/h2,4-5,8-13,18-19H,3,6-7,14-17H2,1H3,(H,27,30). The van der Waals surface area contributed by atoms with Crippen molar-refractivity contribution in [2.75, 3.05) is 13.1 Å². The number of nitrogens with zero attached hydrogens (tertiary/aromatic N) is 2. The van der Waals surface area contributed by atoms with Crippen molar-refractivity contribution in [1.82, 2.24) is 15.2 Å². The lowest BCUT2D eigenvalue weighted by atomic mass is 10.0. The first-order valence-corrected chi connectivity index (χ1v) is 11.3. The largest absolute Gasteiger partial charge is 0.444 e. The molecule has 6 heteroatoms. The average Bonchev–Trinajstić information content (AvgIpc) is 3.34. The van der Waals surface area contributed by atoms with Gasteiger partial charge in [0.15, 0.2) is 5.69 Å². The Balaban J connectivity index is 1.31. The maximum absolute atomic E-state index is 12.6. The maximum atomic E-state index is 12.6. The van der Waals surface area contributed by atoms with Crippen LogP contribution in [0.3, 0.4) is 0 Å².